The zero-order valence-corrected chi connectivity index (χ0v) is 13.1. The number of aryl methyl sites for hydroxylation is 1. The molecule has 21 heavy (non-hydrogen) atoms. The highest BCUT2D eigenvalue weighted by Gasteiger charge is 2.17. The van der Waals surface area contributed by atoms with Crippen LogP contribution >= 0.6 is 12.4 Å². The van der Waals surface area contributed by atoms with Gasteiger partial charge in [-0.2, -0.15) is 0 Å². The van der Waals surface area contributed by atoms with E-state index in [2.05, 4.69) is 10.6 Å². The van der Waals surface area contributed by atoms with Gasteiger partial charge in [0.15, 0.2) is 0 Å². The molecule has 0 aromatic heterocycles. The van der Waals surface area contributed by atoms with Crippen molar-refractivity contribution in [1.29, 1.82) is 0 Å². The third-order valence-electron chi connectivity index (χ3n) is 2.89. The van der Waals surface area contributed by atoms with Crippen LogP contribution in [0.1, 0.15) is 19.4 Å². The Labute approximate surface area is 129 Å². The zero-order chi connectivity index (χ0) is 15.3. The molecule has 0 fully saturated rings. The van der Waals surface area contributed by atoms with E-state index < -0.39 is 6.04 Å². The van der Waals surface area contributed by atoms with Gasteiger partial charge in [-0.25, -0.2) is 4.39 Å². The number of nitrogens with one attached hydrogen (secondary N) is 2. The Morgan fingerprint density at radius 3 is 2.48 bits per heavy atom. The second kappa shape index (κ2) is 8.59. The van der Waals surface area contributed by atoms with Gasteiger partial charge < -0.3 is 16.4 Å². The first kappa shape index (κ1) is 19.3. The minimum absolute atomic E-state index is 0. The predicted molar refractivity (Wildman–Crippen MR) is 82.8 cm³/mol. The maximum atomic E-state index is 13.1. The standard InChI is InChI=1S/C14H20FN3O2.ClH/c1-8(2)13(16)14(20)17-7-12(19)18-10-4-5-11(15)9(3)6-10;/h4-6,8,13H,7,16H2,1-3H3,(H,17,20)(H,18,19);1H/t13-;/m0./s1. The molecule has 0 heterocycles. The lowest BCUT2D eigenvalue weighted by molar-refractivity contribution is -0.125. The number of halogens is 2. The molecule has 0 radical (unpaired) electrons. The highest BCUT2D eigenvalue weighted by molar-refractivity contribution is 5.95. The molecule has 1 rings (SSSR count). The van der Waals surface area contributed by atoms with E-state index in [0.29, 0.717) is 11.3 Å². The summed E-state index contributed by atoms with van der Waals surface area (Å²) in [5.41, 5.74) is 6.57. The van der Waals surface area contributed by atoms with Crippen LogP contribution in [0.15, 0.2) is 18.2 Å². The Bertz CT molecular complexity index is 509. The summed E-state index contributed by atoms with van der Waals surface area (Å²) in [5, 5.41) is 5.03. The minimum atomic E-state index is -0.643. The molecule has 0 saturated carbocycles. The summed E-state index contributed by atoms with van der Waals surface area (Å²) in [5.74, 6) is -1.09. The Morgan fingerprint density at radius 2 is 1.95 bits per heavy atom. The van der Waals surface area contributed by atoms with E-state index in [1.807, 2.05) is 13.8 Å². The van der Waals surface area contributed by atoms with Crippen molar-refractivity contribution in [3.05, 3.63) is 29.6 Å². The van der Waals surface area contributed by atoms with Crippen molar-refractivity contribution in [3.8, 4) is 0 Å². The maximum Gasteiger partial charge on any atom is 0.243 e. The summed E-state index contributed by atoms with van der Waals surface area (Å²) in [6.07, 6.45) is 0. The van der Waals surface area contributed by atoms with Crippen molar-refractivity contribution >= 4 is 29.9 Å². The molecule has 0 saturated heterocycles. The molecule has 118 valence electrons. The molecule has 1 atom stereocenters. The van der Waals surface area contributed by atoms with Crippen LogP contribution in [0.25, 0.3) is 0 Å². The van der Waals surface area contributed by atoms with E-state index in [1.165, 1.54) is 18.2 Å². The topological polar surface area (TPSA) is 84.2 Å². The fourth-order valence-electron chi connectivity index (χ4n) is 1.52. The smallest absolute Gasteiger partial charge is 0.243 e. The van der Waals surface area contributed by atoms with Gasteiger partial charge in [-0.1, -0.05) is 13.8 Å². The second-order valence-electron chi connectivity index (χ2n) is 5.00. The molecule has 0 spiro atoms. The normalized spacial score (nSPS) is 11.5. The average Bonchev–Trinajstić information content (AvgIpc) is 2.39. The second-order valence-corrected chi connectivity index (χ2v) is 5.00. The van der Waals surface area contributed by atoms with E-state index in [9.17, 15) is 14.0 Å². The van der Waals surface area contributed by atoms with Gasteiger partial charge >= 0.3 is 0 Å². The molecule has 4 N–H and O–H groups in total. The highest BCUT2D eigenvalue weighted by atomic mass is 35.5. The Morgan fingerprint density at radius 1 is 1.33 bits per heavy atom. The minimum Gasteiger partial charge on any atom is -0.346 e. The van der Waals surface area contributed by atoms with Crippen molar-refractivity contribution < 1.29 is 14.0 Å². The summed E-state index contributed by atoms with van der Waals surface area (Å²) in [4.78, 5) is 23.2. The van der Waals surface area contributed by atoms with Gasteiger partial charge in [0.2, 0.25) is 11.8 Å². The average molecular weight is 318 g/mol. The van der Waals surface area contributed by atoms with Crippen LogP contribution in [-0.4, -0.2) is 24.4 Å². The molecule has 1 aromatic carbocycles. The van der Waals surface area contributed by atoms with E-state index in [1.54, 1.807) is 6.92 Å². The van der Waals surface area contributed by atoms with Crippen LogP contribution in [0.3, 0.4) is 0 Å². The number of hydrogen-bond donors (Lipinski definition) is 3. The summed E-state index contributed by atoms with van der Waals surface area (Å²) >= 11 is 0. The van der Waals surface area contributed by atoms with E-state index in [-0.39, 0.29) is 42.5 Å². The van der Waals surface area contributed by atoms with Gasteiger partial charge in [0, 0.05) is 5.69 Å². The molecular weight excluding hydrogens is 297 g/mol. The van der Waals surface area contributed by atoms with Crippen molar-refractivity contribution in [1.82, 2.24) is 5.32 Å². The Hall–Kier alpha value is -1.66. The van der Waals surface area contributed by atoms with Crippen molar-refractivity contribution in [2.24, 2.45) is 11.7 Å². The molecule has 7 heteroatoms. The van der Waals surface area contributed by atoms with Crippen LogP contribution in [0.2, 0.25) is 0 Å². The van der Waals surface area contributed by atoms with Gasteiger partial charge in [-0.3, -0.25) is 9.59 Å². The lowest BCUT2D eigenvalue weighted by Crippen LogP contribution is -2.46. The number of anilines is 1. The molecule has 0 aliphatic carbocycles. The number of carbonyl (C=O) groups is 2. The molecular formula is C14H21ClFN3O2. The Balaban J connectivity index is 0.00000400. The third kappa shape index (κ3) is 6.10. The maximum absolute atomic E-state index is 13.1. The summed E-state index contributed by atoms with van der Waals surface area (Å²) in [7, 11) is 0. The molecule has 0 aliphatic rings. The number of benzene rings is 1. The fourth-order valence-corrected chi connectivity index (χ4v) is 1.52. The largest absolute Gasteiger partial charge is 0.346 e. The third-order valence-corrected chi connectivity index (χ3v) is 2.89. The first-order valence-corrected chi connectivity index (χ1v) is 6.40. The van der Waals surface area contributed by atoms with Crippen molar-refractivity contribution in [2.75, 3.05) is 11.9 Å². The van der Waals surface area contributed by atoms with Gasteiger partial charge in [0.1, 0.15) is 5.82 Å². The molecule has 0 unspecified atom stereocenters. The molecule has 2 amide bonds. The number of amides is 2. The first-order valence-electron chi connectivity index (χ1n) is 6.40. The zero-order valence-electron chi connectivity index (χ0n) is 12.3. The lowest BCUT2D eigenvalue weighted by atomic mass is 10.1. The number of nitrogens with two attached hydrogens (primary N) is 1. The lowest BCUT2D eigenvalue weighted by Gasteiger charge is -2.15. The molecule has 0 bridgehead atoms. The van der Waals surface area contributed by atoms with Crippen LogP contribution in [0.5, 0.6) is 0 Å². The van der Waals surface area contributed by atoms with Gasteiger partial charge in [-0.15, -0.1) is 12.4 Å². The SMILES string of the molecule is Cc1cc(NC(=O)CNC(=O)[C@@H](N)C(C)C)ccc1F.Cl. The summed E-state index contributed by atoms with van der Waals surface area (Å²) < 4.78 is 13.1. The van der Waals surface area contributed by atoms with Crippen LogP contribution < -0.4 is 16.4 Å². The van der Waals surface area contributed by atoms with Crippen LogP contribution in [-0.2, 0) is 9.59 Å². The quantitative estimate of drug-likeness (QED) is 0.771. The monoisotopic (exact) mass is 317 g/mol. The highest BCUT2D eigenvalue weighted by Crippen LogP contribution is 2.13. The van der Waals surface area contributed by atoms with Crippen LogP contribution in [0.4, 0.5) is 10.1 Å². The molecule has 1 aromatic rings. The van der Waals surface area contributed by atoms with Crippen molar-refractivity contribution in [2.45, 2.75) is 26.8 Å². The van der Waals surface area contributed by atoms with Gasteiger partial charge in [-0.05, 0) is 36.6 Å². The van der Waals surface area contributed by atoms with Crippen molar-refractivity contribution in [3.63, 3.8) is 0 Å². The van der Waals surface area contributed by atoms with Crippen LogP contribution in [0, 0.1) is 18.7 Å². The fraction of sp³-hybridized carbons (Fsp3) is 0.429. The molecule has 5 nitrogen and oxygen atoms in total. The van der Waals surface area contributed by atoms with Gasteiger partial charge in [0.05, 0.1) is 12.6 Å². The van der Waals surface area contributed by atoms with E-state index in [0.717, 1.165) is 0 Å². The van der Waals surface area contributed by atoms with E-state index >= 15 is 0 Å². The predicted octanol–water partition coefficient (Wildman–Crippen LogP) is 1.59. The van der Waals surface area contributed by atoms with E-state index in [4.69, 9.17) is 5.73 Å². The number of hydrogen-bond acceptors (Lipinski definition) is 3. The number of rotatable bonds is 5. The molecule has 0 aliphatic heterocycles. The first-order chi connectivity index (χ1) is 9.31. The van der Waals surface area contributed by atoms with Gasteiger partial charge in [0.25, 0.3) is 0 Å². The summed E-state index contributed by atoms with van der Waals surface area (Å²) in [6, 6.07) is 3.62. The Kier molecular flexibility index (Phi) is 7.91. The number of carbonyl (C=O) groups excluding carboxylic acids is 2. The summed E-state index contributed by atoms with van der Waals surface area (Å²) in [6.45, 7) is 5.08.